The Bertz CT molecular complexity index is 577. The minimum absolute atomic E-state index is 0.00912. The Morgan fingerprint density at radius 1 is 1.35 bits per heavy atom. The molecule has 0 aliphatic heterocycles. The number of hydrogen-bond acceptors (Lipinski definition) is 6. The average molecular weight is 343 g/mol. The fraction of sp³-hybridized carbons (Fsp3) is 0.467. The summed E-state index contributed by atoms with van der Waals surface area (Å²) in [5, 5.41) is 2.47. The van der Waals surface area contributed by atoms with E-state index in [0.29, 0.717) is 6.42 Å². The molecule has 1 heterocycles. The van der Waals surface area contributed by atoms with Gasteiger partial charge in [0.1, 0.15) is 11.2 Å². The van der Waals surface area contributed by atoms with Gasteiger partial charge in [-0.25, -0.2) is 14.6 Å². The topological polar surface area (TPSA) is 94.6 Å². The summed E-state index contributed by atoms with van der Waals surface area (Å²) >= 11 is 5.76. The number of halogens is 1. The minimum atomic E-state index is -0.784. The second kappa shape index (κ2) is 9.09. The van der Waals surface area contributed by atoms with E-state index in [1.165, 1.54) is 25.4 Å². The van der Waals surface area contributed by atoms with Gasteiger partial charge in [0.2, 0.25) is 0 Å². The number of methoxy groups -OCH3 is 1. The molecule has 0 radical (unpaired) electrons. The van der Waals surface area contributed by atoms with Crippen LogP contribution < -0.4 is 5.32 Å². The first-order valence-electron chi connectivity index (χ1n) is 7.00. The highest BCUT2D eigenvalue weighted by Gasteiger charge is 2.23. The molecular weight excluding hydrogens is 324 g/mol. The Balaban J connectivity index is 2.56. The van der Waals surface area contributed by atoms with E-state index in [1.54, 1.807) is 0 Å². The standard InChI is InChI=1S/C15H19ClN2O5/c1-9(2)7-11(15(21)22-3)18-12(19)8-23-14(20)10-5-4-6-17-13(10)16/h4-6,9,11H,7-8H2,1-3H3,(H,18,19)/t11-/m0/s1. The number of nitrogens with one attached hydrogen (secondary N) is 1. The summed E-state index contributed by atoms with van der Waals surface area (Å²) in [5.74, 6) is -1.74. The average Bonchev–Trinajstić information content (AvgIpc) is 2.51. The number of carbonyl (C=O) groups is 3. The van der Waals surface area contributed by atoms with Crippen molar-refractivity contribution in [1.82, 2.24) is 10.3 Å². The fourth-order valence-electron chi connectivity index (χ4n) is 1.81. The smallest absolute Gasteiger partial charge is 0.341 e. The van der Waals surface area contributed by atoms with E-state index in [4.69, 9.17) is 16.3 Å². The lowest BCUT2D eigenvalue weighted by Crippen LogP contribution is -2.44. The minimum Gasteiger partial charge on any atom is -0.467 e. The molecule has 0 fully saturated rings. The molecule has 1 aromatic heterocycles. The molecule has 0 spiro atoms. The third-order valence-corrected chi connectivity index (χ3v) is 3.14. The number of esters is 2. The molecule has 7 nitrogen and oxygen atoms in total. The molecule has 23 heavy (non-hydrogen) atoms. The molecule has 1 N–H and O–H groups in total. The molecule has 0 unspecified atom stereocenters. The highest BCUT2D eigenvalue weighted by atomic mass is 35.5. The fourth-order valence-corrected chi connectivity index (χ4v) is 2.01. The molecule has 0 saturated carbocycles. The summed E-state index contributed by atoms with van der Waals surface area (Å²) in [6, 6.07) is 2.18. The lowest BCUT2D eigenvalue weighted by atomic mass is 10.0. The summed E-state index contributed by atoms with van der Waals surface area (Å²) in [6.45, 7) is 3.29. The van der Waals surface area contributed by atoms with Crippen molar-refractivity contribution in [3.05, 3.63) is 29.0 Å². The van der Waals surface area contributed by atoms with Crippen LogP contribution in [0.2, 0.25) is 5.15 Å². The van der Waals surface area contributed by atoms with Crippen LogP contribution >= 0.6 is 11.6 Å². The highest BCUT2D eigenvalue weighted by Crippen LogP contribution is 2.12. The van der Waals surface area contributed by atoms with Crippen molar-refractivity contribution in [1.29, 1.82) is 0 Å². The Labute approximate surface area is 139 Å². The number of nitrogens with zero attached hydrogens (tertiary/aromatic N) is 1. The van der Waals surface area contributed by atoms with Gasteiger partial charge in [0, 0.05) is 6.20 Å². The molecule has 0 aromatic carbocycles. The van der Waals surface area contributed by atoms with Crippen LogP contribution in [0.5, 0.6) is 0 Å². The van der Waals surface area contributed by atoms with Crippen molar-refractivity contribution >= 4 is 29.4 Å². The van der Waals surface area contributed by atoms with Crippen LogP contribution in [0.15, 0.2) is 18.3 Å². The van der Waals surface area contributed by atoms with Crippen molar-refractivity contribution < 1.29 is 23.9 Å². The van der Waals surface area contributed by atoms with Crippen LogP contribution in [0, 0.1) is 5.92 Å². The number of rotatable bonds is 7. The molecule has 1 rings (SSSR count). The summed E-state index contributed by atoms with van der Waals surface area (Å²) in [4.78, 5) is 39.0. The van der Waals surface area contributed by atoms with Crippen LogP contribution in [0.25, 0.3) is 0 Å². The molecule has 0 aliphatic carbocycles. The number of pyridine rings is 1. The largest absolute Gasteiger partial charge is 0.467 e. The quantitative estimate of drug-likeness (QED) is 0.597. The van der Waals surface area contributed by atoms with E-state index in [2.05, 4.69) is 15.0 Å². The van der Waals surface area contributed by atoms with E-state index in [1.807, 2.05) is 13.8 Å². The maximum atomic E-state index is 11.8. The normalized spacial score (nSPS) is 11.7. The molecule has 0 saturated heterocycles. The predicted molar refractivity (Wildman–Crippen MR) is 82.9 cm³/mol. The Kier molecular flexibility index (Phi) is 7.47. The molecule has 0 bridgehead atoms. The Hall–Kier alpha value is -2.15. The van der Waals surface area contributed by atoms with Gasteiger partial charge in [-0.1, -0.05) is 25.4 Å². The molecule has 8 heteroatoms. The summed E-state index contributed by atoms with van der Waals surface area (Å²) in [6.07, 6.45) is 1.85. The van der Waals surface area contributed by atoms with E-state index in [-0.39, 0.29) is 16.6 Å². The lowest BCUT2D eigenvalue weighted by molar-refractivity contribution is -0.145. The van der Waals surface area contributed by atoms with Gasteiger partial charge in [0.15, 0.2) is 6.61 Å². The first-order chi connectivity index (χ1) is 10.8. The van der Waals surface area contributed by atoms with Crippen molar-refractivity contribution in [3.8, 4) is 0 Å². The van der Waals surface area contributed by atoms with Crippen LogP contribution in [0.1, 0.15) is 30.6 Å². The molecule has 1 atom stereocenters. The van der Waals surface area contributed by atoms with Crippen molar-refractivity contribution in [2.24, 2.45) is 5.92 Å². The van der Waals surface area contributed by atoms with Gasteiger partial charge in [0.05, 0.1) is 12.7 Å². The maximum absolute atomic E-state index is 11.8. The molecule has 1 aromatic rings. The number of aromatic nitrogens is 1. The zero-order valence-corrected chi connectivity index (χ0v) is 13.9. The van der Waals surface area contributed by atoms with E-state index in [9.17, 15) is 14.4 Å². The van der Waals surface area contributed by atoms with Gasteiger partial charge < -0.3 is 14.8 Å². The van der Waals surface area contributed by atoms with Crippen LogP contribution in [-0.4, -0.2) is 42.6 Å². The maximum Gasteiger partial charge on any atom is 0.341 e. The zero-order chi connectivity index (χ0) is 17.4. The first-order valence-corrected chi connectivity index (χ1v) is 7.37. The highest BCUT2D eigenvalue weighted by molar-refractivity contribution is 6.32. The van der Waals surface area contributed by atoms with Gasteiger partial charge in [-0.15, -0.1) is 0 Å². The number of ether oxygens (including phenoxy) is 2. The van der Waals surface area contributed by atoms with Gasteiger partial charge >= 0.3 is 11.9 Å². The SMILES string of the molecule is COC(=O)[C@H](CC(C)C)NC(=O)COC(=O)c1cccnc1Cl. The number of amides is 1. The zero-order valence-electron chi connectivity index (χ0n) is 13.2. The molecule has 0 aliphatic rings. The van der Waals surface area contributed by atoms with E-state index >= 15 is 0 Å². The van der Waals surface area contributed by atoms with Crippen LogP contribution in [0.4, 0.5) is 0 Å². The lowest BCUT2D eigenvalue weighted by Gasteiger charge is -2.18. The Morgan fingerprint density at radius 2 is 2.04 bits per heavy atom. The third-order valence-electron chi connectivity index (χ3n) is 2.84. The molecule has 1 amide bonds. The summed E-state index contributed by atoms with van der Waals surface area (Å²) < 4.78 is 9.50. The second-order valence-corrected chi connectivity index (χ2v) is 5.55. The number of carbonyl (C=O) groups excluding carboxylic acids is 3. The van der Waals surface area contributed by atoms with Gasteiger partial charge in [-0.3, -0.25) is 4.79 Å². The molecule has 126 valence electrons. The summed E-state index contributed by atoms with van der Waals surface area (Å²) in [7, 11) is 1.24. The first kappa shape index (κ1) is 18.9. The predicted octanol–water partition coefficient (Wildman–Crippen LogP) is 1.60. The number of hydrogen-bond donors (Lipinski definition) is 1. The van der Waals surface area contributed by atoms with E-state index in [0.717, 1.165) is 0 Å². The third kappa shape index (κ3) is 6.23. The monoisotopic (exact) mass is 342 g/mol. The van der Waals surface area contributed by atoms with Crippen molar-refractivity contribution in [3.63, 3.8) is 0 Å². The van der Waals surface area contributed by atoms with Gasteiger partial charge in [0.25, 0.3) is 5.91 Å². The summed E-state index contributed by atoms with van der Waals surface area (Å²) in [5.41, 5.74) is 0.0636. The van der Waals surface area contributed by atoms with Crippen LogP contribution in [0.3, 0.4) is 0 Å². The van der Waals surface area contributed by atoms with Crippen molar-refractivity contribution in [2.75, 3.05) is 13.7 Å². The van der Waals surface area contributed by atoms with Gasteiger partial charge in [-0.05, 0) is 24.5 Å². The Morgan fingerprint density at radius 3 is 2.61 bits per heavy atom. The van der Waals surface area contributed by atoms with Crippen molar-refractivity contribution in [2.45, 2.75) is 26.3 Å². The second-order valence-electron chi connectivity index (χ2n) is 5.19. The van der Waals surface area contributed by atoms with Crippen LogP contribution in [-0.2, 0) is 19.1 Å². The van der Waals surface area contributed by atoms with Gasteiger partial charge in [-0.2, -0.15) is 0 Å². The molecular formula is C15H19ClN2O5. The van der Waals surface area contributed by atoms with E-state index < -0.39 is 30.5 Å².